The van der Waals surface area contributed by atoms with Crippen LogP contribution in [0.2, 0.25) is 0 Å². The minimum Gasteiger partial charge on any atom is -0.390 e. The highest BCUT2D eigenvalue weighted by Crippen LogP contribution is 2.23. The third-order valence-corrected chi connectivity index (χ3v) is 3.14. The number of hydrogen-bond acceptors (Lipinski definition) is 3. The lowest BCUT2D eigenvalue weighted by molar-refractivity contribution is 0.0152. The van der Waals surface area contributed by atoms with E-state index in [1.807, 2.05) is 13.8 Å². The topological polar surface area (TPSA) is 29.5 Å². The van der Waals surface area contributed by atoms with Crippen LogP contribution in [-0.2, 0) is 4.74 Å². The van der Waals surface area contributed by atoms with Gasteiger partial charge in [-0.25, -0.2) is 8.78 Å². The van der Waals surface area contributed by atoms with Crippen LogP contribution in [0.4, 0.5) is 8.78 Å². The third kappa shape index (κ3) is 5.48. The number of aliphatic hydroxyl groups is 1. The zero-order chi connectivity index (χ0) is 12.8. The Labute approximate surface area is 104 Å². The Balaban J connectivity index is 2.39. The second-order valence-corrected chi connectivity index (χ2v) is 4.98. The molecule has 0 saturated carbocycles. The van der Waals surface area contributed by atoms with E-state index in [1.54, 1.807) is 0 Å². The molecule has 1 atom stereocenters. The second kappa shape index (κ2) is 6.93. The summed E-state index contributed by atoms with van der Waals surface area (Å²) in [5, 5.41) is 9.56. The van der Waals surface area contributed by atoms with E-state index < -0.39 is 17.7 Å². The van der Waals surface area contributed by atoms with Crippen molar-refractivity contribution in [2.24, 2.45) is 0 Å². The van der Waals surface area contributed by atoms with Gasteiger partial charge in [-0.2, -0.15) is 0 Å². The molecule has 0 aliphatic carbocycles. The van der Waals surface area contributed by atoms with Gasteiger partial charge in [-0.3, -0.25) is 0 Å². The second-order valence-electron chi connectivity index (χ2n) is 3.92. The molecule has 2 nitrogen and oxygen atoms in total. The van der Waals surface area contributed by atoms with Gasteiger partial charge in [0.25, 0.3) is 0 Å². The molecule has 1 rings (SSSR count). The van der Waals surface area contributed by atoms with Gasteiger partial charge in [0.15, 0.2) is 0 Å². The molecule has 17 heavy (non-hydrogen) atoms. The van der Waals surface area contributed by atoms with Gasteiger partial charge in [0.1, 0.15) is 11.6 Å². The fourth-order valence-electron chi connectivity index (χ4n) is 1.13. The number of hydrogen-bond donors (Lipinski definition) is 1. The normalized spacial score (nSPS) is 13.1. The number of ether oxygens (including phenoxy) is 1. The first-order valence-corrected chi connectivity index (χ1v) is 6.35. The van der Waals surface area contributed by atoms with E-state index in [1.165, 1.54) is 12.1 Å². The van der Waals surface area contributed by atoms with Crippen LogP contribution in [0.3, 0.4) is 0 Å². The number of benzene rings is 1. The fourth-order valence-corrected chi connectivity index (χ4v) is 1.96. The molecule has 0 aliphatic heterocycles. The molecule has 0 heterocycles. The minimum atomic E-state index is -0.660. The Kier molecular flexibility index (Phi) is 5.88. The van der Waals surface area contributed by atoms with E-state index >= 15 is 0 Å². The lowest BCUT2D eigenvalue weighted by Crippen LogP contribution is -2.20. The Bertz CT molecular complexity index is 358. The molecule has 0 aromatic heterocycles. The Morgan fingerprint density at radius 1 is 1.35 bits per heavy atom. The smallest absolute Gasteiger partial charge is 0.139 e. The molecule has 0 aliphatic rings. The van der Waals surface area contributed by atoms with Crippen molar-refractivity contribution >= 4 is 11.8 Å². The quantitative estimate of drug-likeness (QED) is 0.799. The average molecular weight is 262 g/mol. The van der Waals surface area contributed by atoms with E-state index in [-0.39, 0.29) is 12.7 Å². The van der Waals surface area contributed by atoms with E-state index in [4.69, 9.17) is 4.74 Å². The predicted molar refractivity (Wildman–Crippen MR) is 64.2 cm³/mol. The summed E-state index contributed by atoms with van der Waals surface area (Å²) in [6.45, 7) is 3.96. The van der Waals surface area contributed by atoms with Crippen molar-refractivity contribution in [3.8, 4) is 0 Å². The molecule has 1 aromatic carbocycles. The van der Waals surface area contributed by atoms with Crippen molar-refractivity contribution in [3.63, 3.8) is 0 Å². The molecule has 5 heteroatoms. The summed E-state index contributed by atoms with van der Waals surface area (Å²) in [7, 11) is 0. The Morgan fingerprint density at radius 2 is 2.06 bits per heavy atom. The summed E-state index contributed by atoms with van der Waals surface area (Å²) in [5.74, 6) is -0.891. The number of aliphatic hydroxyl groups excluding tert-OH is 1. The molecule has 1 unspecified atom stereocenters. The summed E-state index contributed by atoms with van der Waals surface area (Å²) < 4.78 is 31.1. The maximum Gasteiger partial charge on any atom is 0.139 e. The first kappa shape index (κ1) is 14.4. The lowest BCUT2D eigenvalue weighted by Gasteiger charge is -2.13. The largest absolute Gasteiger partial charge is 0.390 e. The summed E-state index contributed by atoms with van der Waals surface area (Å²) in [6.07, 6.45) is -0.607. The van der Waals surface area contributed by atoms with Gasteiger partial charge in [-0.05, 0) is 26.0 Å². The van der Waals surface area contributed by atoms with Crippen LogP contribution in [0, 0.1) is 11.6 Å². The van der Waals surface area contributed by atoms with Crippen LogP contribution in [0.1, 0.15) is 13.8 Å². The molecule has 0 amide bonds. The van der Waals surface area contributed by atoms with Crippen LogP contribution >= 0.6 is 11.8 Å². The van der Waals surface area contributed by atoms with Crippen LogP contribution < -0.4 is 0 Å². The maximum atomic E-state index is 13.2. The van der Waals surface area contributed by atoms with Gasteiger partial charge in [-0.1, -0.05) is 0 Å². The summed E-state index contributed by atoms with van der Waals surface area (Å²) >= 11 is 1.14. The highest BCUT2D eigenvalue weighted by atomic mass is 32.2. The standard InChI is InChI=1S/C12H16F2O2S/c1-8(2)16-6-10(15)7-17-12-4-3-9(13)5-11(12)14/h3-5,8,10,15H,6-7H2,1-2H3. The predicted octanol–water partition coefficient (Wildman–Crippen LogP) is 2.84. The zero-order valence-electron chi connectivity index (χ0n) is 9.82. The van der Waals surface area contributed by atoms with E-state index in [2.05, 4.69) is 0 Å². The van der Waals surface area contributed by atoms with Crippen molar-refractivity contribution in [2.45, 2.75) is 31.0 Å². The highest BCUT2D eigenvalue weighted by Gasteiger charge is 2.09. The molecule has 0 saturated heterocycles. The maximum absolute atomic E-state index is 13.2. The zero-order valence-corrected chi connectivity index (χ0v) is 10.6. The molecule has 1 aromatic rings. The number of halogens is 2. The lowest BCUT2D eigenvalue weighted by atomic mass is 10.3. The molecule has 1 N–H and O–H groups in total. The van der Waals surface area contributed by atoms with Gasteiger partial charge in [0.2, 0.25) is 0 Å². The third-order valence-electron chi connectivity index (χ3n) is 1.95. The molecule has 0 fully saturated rings. The molecular weight excluding hydrogens is 246 g/mol. The van der Waals surface area contributed by atoms with Crippen LogP contribution in [0.25, 0.3) is 0 Å². The molecule has 0 radical (unpaired) electrons. The van der Waals surface area contributed by atoms with Gasteiger partial charge in [0.05, 0.1) is 18.8 Å². The van der Waals surface area contributed by atoms with Crippen molar-refractivity contribution in [1.29, 1.82) is 0 Å². The van der Waals surface area contributed by atoms with Crippen LogP contribution in [-0.4, -0.2) is 29.7 Å². The summed E-state index contributed by atoms with van der Waals surface area (Å²) in [6, 6.07) is 3.40. The summed E-state index contributed by atoms with van der Waals surface area (Å²) in [5.41, 5.74) is 0. The van der Waals surface area contributed by atoms with Gasteiger partial charge < -0.3 is 9.84 Å². The first-order chi connectivity index (χ1) is 7.99. The van der Waals surface area contributed by atoms with Gasteiger partial charge >= 0.3 is 0 Å². The molecule has 96 valence electrons. The van der Waals surface area contributed by atoms with Crippen LogP contribution in [0.15, 0.2) is 23.1 Å². The van der Waals surface area contributed by atoms with Crippen LogP contribution in [0.5, 0.6) is 0 Å². The monoisotopic (exact) mass is 262 g/mol. The number of thioether (sulfide) groups is 1. The number of rotatable bonds is 6. The van der Waals surface area contributed by atoms with Crippen molar-refractivity contribution < 1.29 is 18.6 Å². The Morgan fingerprint density at radius 3 is 2.65 bits per heavy atom. The highest BCUT2D eigenvalue weighted by molar-refractivity contribution is 7.99. The first-order valence-electron chi connectivity index (χ1n) is 5.36. The van der Waals surface area contributed by atoms with E-state index in [0.717, 1.165) is 17.8 Å². The SMILES string of the molecule is CC(C)OCC(O)CSc1ccc(F)cc1F. The average Bonchev–Trinajstić information content (AvgIpc) is 2.25. The molecular formula is C12H16F2O2S. The fraction of sp³-hybridized carbons (Fsp3) is 0.500. The summed E-state index contributed by atoms with van der Waals surface area (Å²) in [4.78, 5) is 0.329. The van der Waals surface area contributed by atoms with Crippen molar-refractivity contribution in [2.75, 3.05) is 12.4 Å². The van der Waals surface area contributed by atoms with Gasteiger partial charge in [0, 0.05) is 16.7 Å². The Hall–Kier alpha value is -0.650. The minimum absolute atomic E-state index is 0.0530. The molecule has 0 bridgehead atoms. The van der Waals surface area contributed by atoms with E-state index in [0.29, 0.717) is 10.6 Å². The van der Waals surface area contributed by atoms with Crippen molar-refractivity contribution in [3.05, 3.63) is 29.8 Å². The molecule has 0 spiro atoms. The van der Waals surface area contributed by atoms with E-state index in [9.17, 15) is 13.9 Å². The van der Waals surface area contributed by atoms with Gasteiger partial charge in [-0.15, -0.1) is 11.8 Å². The van der Waals surface area contributed by atoms with Crippen molar-refractivity contribution in [1.82, 2.24) is 0 Å².